The normalized spacial score (nSPS) is 18.2. The molecule has 9 nitrogen and oxygen atoms in total. The van der Waals surface area contributed by atoms with Gasteiger partial charge in [-0.25, -0.2) is 0 Å². The first kappa shape index (κ1) is 21.0. The Kier molecular flexibility index (Phi) is 6.68. The molecule has 2 aliphatic heterocycles. The predicted molar refractivity (Wildman–Crippen MR) is 110 cm³/mol. The van der Waals surface area contributed by atoms with E-state index in [0.717, 1.165) is 0 Å². The fraction of sp³-hybridized carbons (Fsp3) is 0.600. The highest BCUT2D eigenvalue weighted by Gasteiger charge is 2.28. The summed E-state index contributed by atoms with van der Waals surface area (Å²) in [4.78, 5) is 43.4. The number of nitrogens with zero attached hydrogens (tertiary/aromatic N) is 5. The lowest BCUT2D eigenvalue weighted by Gasteiger charge is -2.38. The van der Waals surface area contributed by atoms with E-state index in [2.05, 4.69) is 4.90 Å². The number of carbonyl (C=O) groups excluding carboxylic acids is 2. The first-order chi connectivity index (χ1) is 13.9. The van der Waals surface area contributed by atoms with Gasteiger partial charge in [0.1, 0.15) is 5.69 Å². The Morgan fingerprint density at radius 1 is 0.966 bits per heavy atom. The van der Waals surface area contributed by atoms with Crippen molar-refractivity contribution in [3.05, 3.63) is 34.4 Å². The van der Waals surface area contributed by atoms with Gasteiger partial charge in [0.15, 0.2) is 0 Å². The van der Waals surface area contributed by atoms with Gasteiger partial charge in [0.05, 0.1) is 11.5 Å². The van der Waals surface area contributed by atoms with Crippen LogP contribution in [0, 0.1) is 16.0 Å². The molecule has 0 aliphatic carbocycles. The van der Waals surface area contributed by atoms with Crippen LogP contribution in [0.3, 0.4) is 0 Å². The summed E-state index contributed by atoms with van der Waals surface area (Å²) in [7, 11) is 0. The molecule has 0 N–H and O–H groups in total. The van der Waals surface area contributed by atoms with Gasteiger partial charge in [-0.2, -0.15) is 0 Å². The quantitative estimate of drug-likeness (QED) is 0.539. The molecule has 1 aromatic rings. The van der Waals surface area contributed by atoms with Crippen LogP contribution in [0.5, 0.6) is 0 Å². The molecule has 2 aliphatic rings. The van der Waals surface area contributed by atoms with E-state index in [4.69, 9.17) is 0 Å². The molecule has 2 heterocycles. The molecule has 0 saturated carbocycles. The second-order valence-electron chi connectivity index (χ2n) is 7.87. The third-order valence-electron chi connectivity index (χ3n) is 5.59. The van der Waals surface area contributed by atoms with Crippen molar-refractivity contribution in [2.24, 2.45) is 5.92 Å². The summed E-state index contributed by atoms with van der Waals surface area (Å²) < 4.78 is 0. The number of anilines is 1. The first-order valence-electron chi connectivity index (χ1n) is 10.1. The summed E-state index contributed by atoms with van der Waals surface area (Å²) in [6, 6.07) is 6.73. The molecule has 2 fully saturated rings. The van der Waals surface area contributed by atoms with E-state index in [0.29, 0.717) is 64.6 Å². The van der Waals surface area contributed by atoms with Gasteiger partial charge in [-0.3, -0.25) is 24.6 Å². The lowest BCUT2D eigenvalue weighted by Crippen LogP contribution is -2.54. The number of amides is 2. The molecule has 9 heteroatoms. The van der Waals surface area contributed by atoms with E-state index in [-0.39, 0.29) is 28.3 Å². The monoisotopic (exact) mass is 403 g/mol. The minimum Gasteiger partial charge on any atom is -0.362 e. The number of nitro groups is 1. The summed E-state index contributed by atoms with van der Waals surface area (Å²) in [6.45, 7) is 9.17. The molecule has 0 spiro atoms. The summed E-state index contributed by atoms with van der Waals surface area (Å²) in [5.74, 6) is 0.248. The topological polar surface area (TPSA) is 90.2 Å². The average molecular weight is 403 g/mol. The van der Waals surface area contributed by atoms with E-state index in [1.165, 1.54) is 6.07 Å². The molecule has 158 valence electrons. The van der Waals surface area contributed by atoms with Crippen molar-refractivity contribution in [3.63, 3.8) is 0 Å². The van der Waals surface area contributed by atoms with Crippen molar-refractivity contribution >= 4 is 23.2 Å². The standard InChI is InChI=1S/C20H29N5O4/c1-16(2)20(27)24-9-7-21(8-10-24)15-19(26)23-13-11-22(12-14-23)17-5-3-4-6-18(17)25(28)29/h3-6,16H,7-15H2,1-2H3. The van der Waals surface area contributed by atoms with E-state index in [9.17, 15) is 19.7 Å². The van der Waals surface area contributed by atoms with Crippen molar-refractivity contribution < 1.29 is 14.5 Å². The molecule has 29 heavy (non-hydrogen) atoms. The van der Waals surface area contributed by atoms with Crippen molar-refractivity contribution in [1.82, 2.24) is 14.7 Å². The van der Waals surface area contributed by atoms with Crippen LogP contribution in [0.4, 0.5) is 11.4 Å². The molecular weight excluding hydrogens is 374 g/mol. The van der Waals surface area contributed by atoms with Gasteiger partial charge < -0.3 is 14.7 Å². The smallest absolute Gasteiger partial charge is 0.292 e. The van der Waals surface area contributed by atoms with Gasteiger partial charge in [-0.15, -0.1) is 0 Å². The molecule has 0 bridgehead atoms. The van der Waals surface area contributed by atoms with E-state index in [1.807, 2.05) is 28.5 Å². The van der Waals surface area contributed by atoms with Crippen LogP contribution >= 0.6 is 0 Å². The number of para-hydroxylation sites is 2. The summed E-state index contributed by atoms with van der Waals surface area (Å²) in [6.07, 6.45) is 0. The van der Waals surface area contributed by atoms with E-state index < -0.39 is 0 Å². The van der Waals surface area contributed by atoms with Crippen LogP contribution in [0.15, 0.2) is 24.3 Å². The second-order valence-corrected chi connectivity index (χ2v) is 7.87. The first-order valence-corrected chi connectivity index (χ1v) is 10.1. The van der Waals surface area contributed by atoms with Gasteiger partial charge in [0.2, 0.25) is 11.8 Å². The van der Waals surface area contributed by atoms with Gasteiger partial charge in [0, 0.05) is 64.3 Å². The lowest BCUT2D eigenvalue weighted by molar-refractivity contribution is -0.384. The Morgan fingerprint density at radius 3 is 2.14 bits per heavy atom. The number of rotatable bonds is 5. The van der Waals surface area contributed by atoms with Crippen LogP contribution < -0.4 is 4.90 Å². The lowest BCUT2D eigenvalue weighted by atomic mass is 10.1. The SMILES string of the molecule is CC(C)C(=O)N1CCN(CC(=O)N2CCN(c3ccccc3[N+](=O)[O-])CC2)CC1. The molecule has 0 aromatic heterocycles. The minimum atomic E-state index is -0.365. The van der Waals surface area contributed by atoms with Crippen LogP contribution in [0.2, 0.25) is 0 Å². The Labute approximate surface area is 171 Å². The molecule has 0 unspecified atom stereocenters. The zero-order valence-corrected chi connectivity index (χ0v) is 17.1. The molecule has 2 saturated heterocycles. The van der Waals surface area contributed by atoms with Crippen LogP contribution in [0.25, 0.3) is 0 Å². The van der Waals surface area contributed by atoms with Crippen molar-refractivity contribution in [2.45, 2.75) is 13.8 Å². The number of piperazine rings is 2. The maximum absolute atomic E-state index is 12.7. The van der Waals surface area contributed by atoms with Crippen LogP contribution in [-0.2, 0) is 9.59 Å². The third kappa shape index (κ3) is 5.03. The summed E-state index contributed by atoms with van der Waals surface area (Å²) in [5.41, 5.74) is 0.705. The van der Waals surface area contributed by atoms with Gasteiger partial charge in [-0.1, -0.05) is 26.0 Å². The van der Waals surface area contributed by atoms with Crippen molar-refractivity contribution in [2.75, 3.05) is 63.8 Å². The largest absolute Gasteiger partial charge is 0.362 e. The fourth-order valence-electron chi connectivity index (χ4n) is 3.87. The summed E-state index contributed by atoms with van der Waals surface area (Å²) >= 11 is 0. The number of nitro benzene ring substituents is 1. The maximum Gasteiger partial charge on any atom is 0.292 e. The minimum absolute atomic E-state index is 0.0000773. The second kappa shape index (κ2) is 9.21. The summed E-state index contributed by atoms with van der Waals surface area (Å²) in [5, 5.41) is 11.2. The van der Waals surface area contributed by atoms with Crippen molar-refractivity contribution in [1.29, 1.82) is 0 Å². The highest BCUT2D eigenvalue weighted by Crippen LogP contribution is 2.28. The molecular formula is C20H29N5O4. The maximum atomic E-state index is 12.7. The Morgan fingerprint density at radius 2 is 1.55 bits per heavy atom. The highest BCUT2D eigenvalue weighted by molar-refractivity contribution is 5.79. The van der Waals surface area contributed by atoms with Crippen molar-refractivity contribution in [3.8, 4) is 0 Å². The zero-order valence-electron chi connectivity index (χ0n) is 17.1. The Hall–Kier alpha value is -2.68. The van der Waals surface area contributed by atoms with Gasteiger partial charge >= 0.3 is 0 Å². The fourth-order valence-corrected chi connectivity index (χ4v) is 3.87. The zero-order chi connectivity index (χ0) is 21.0. The highest BCUT2D eigenvalue weighted by atomic mass is 16.6. The predicted octanol–water partition coefficient (Wildman–Crippen LogP) is 1.04. The number of hydrogen-bond donors (Lipinski definition) is 0. The third-order valence-corrected chi connectivity index (χ3v) is 5.59. The Balaban J connectivity index is 1.48. The number of hydrogen-bond acceptors (Lipinski definition) is 6. The number of benzene rings is 1. The van der Waals surface area contributed by atoms with Crippen LogP contribution in [-0.4, -0.2) is 90.3 Å². The van der Waals surface area contributed by atoms with E-state index in [1.54, 1.807) is 18.2 Å². The molecule has 1 aromatic carbocycles. The Bertz CT molecular complexity index is 753. The molecule has 0 atom stereocenters. The molecule has 2 amide bonds. The average Bonchev–Trinajstić information content (AvgIpc) is 2.73. The van der Waals surface area contributed by atoms with Gasteiger partial charge in [0.25, 0.3) is 5.69 Å². The van der Waals surface area contributed by atoms with Gasteiger partial charge in [-0.05, 0) is 6.07 Å². The van der Waals surface area contributed by atoms with E-state index >= 15 is 0 Å². The van der Waals surface area contributed by atoms with Crippen LogP contribution in [0.1, 0.15) is 13.8 Å². The molecule has 3 rings (SSSR count). The number of carbonyl (C=O) groups is 2. The molecule has 0 radical (unpaired) electrons.